The van der Waals surface area contributed by atoms with E-state index in [-0.39, 0.29) is 36.4 Å². The lowest BCUT2D eigenvalue weighted by molar-refractivity contribution is -0.135. The first-order chi connectivity index (χ1) is 22.6. The van der Waals surface area contributed by atoms with Crippen molar-refractivity contribution in [3.8, 4) is 5.75 Å². The average Bonchev–Trinajstić information content (AvgIpc) is 3.24. The molecule has 1 N–H and O–H groups in total. The molecule has 12 nitrogen and oxygen atoms in total. The van der Waals surface area contributed by atoms with Crippen LogP contribution in [-0.2, 0) is 30.3 Å². The van der Waals surface area contributed by atoms with Gasteiger partial charge in [0.2, 0.25) is 12.3 Å². The SMILES string of the molecule is COCC(COC)N(C)C(=O)/C(=C\N(C=O)CC(=O)N1CCC(N2CCc3cc(OC)ccc3NC2=O)CC1)c1cccc(F)c1F. The number of urea groups is 1. The highest BCUT2D eigenvalue weighted by Crippen LogP contribution is 2.28. The normalized spacial score (nSPS) is 15.6. The lowest BCUT2D eigenvalue weighted by atomic mass is 10.0. The number of benzene rings is 2. The second-order valence-electron chi connectivity index (χ2n) is 11.4. The first-order valence-electron chi connectivity index (χ1n) is 15.3. The topological polar surface area (TPSA) is 121 Å². The van der Waals surface area contributed by atoms with Gasteiger partial charge in [0.25, 0.3) is 5.91 Å². The monoisotopic (exact) mass is 657 g/mol. The minimum atomic E-state index is -1.27. The van der Waals surface area contributed by atoms with Gasteiger partial charge in [-0.25, -0.2) is 13.6 Å². The summed E-state index contributed by atoms with van der Waals surface area (Å²) in [5.41, 5.74) is 1.02. The van der Waals surface area contributed by atoms with Gasteiger partial charge in [-0.1, -0.05) is 12.1 Å². The van der Waals surface area contributed by atoms with Crippen molar-refractivity contribution in [3.05, 3.63) is 65.4 Å². The van der Waals surface area contributed by atoms with Gasteiger partial charge in [-0.05, 0) is 49.1 Å². The van der Waals surface area contributed by atoms with E-state index in [1.807, 2.05) is 12.1 Å². The predicted molar refractivity (Wildman–Crippen MR) is 169 cm³/mol. The fourth-order valence-corrected chi connectivity index (χ4v) is 5.83. The van der Waals surface area contributed by atoms with E-state index in [1.165, 1.54) is 38.3 Å². The van der Waals surface area contributed by atoms with Crippen LogP contribution < -0.4 is 10.1 Å². The van der Waals surface area contributed by atoms with Crippen molar-refractivity contribution in [2.45, 2.75) is 31.3 Å². The Labute approximate surface area is 272 Å². The highest BCUT2D eigenvalue weighted by atomic mass is 19.2. The number of likely N-dealkylation sites (tertiary alicyclic amines) is 1. The van der Waals surface area contributed by atoms with Crippen LogP contribution in [0.15, 0.2) is 42.6 Å². The zero-order valence-corrected chi connectivity index (χ0v) is 27.0. The van der Waals surface area contributed by atoms with Crippen molar-refractivity contribution < 1.29 is 42.2 Å². The molecule has 1 fully saturated rings. The van der Waals surface area contributed by atoms with E-state index >= 15 is 0 Å². The molecule has 2 aromatic carbocycles. The Morgan fingerprint density at radius 1 is 1.06 bits per heavy atom. The molecule has 47 heavy (non-hydrogen) atoms. The number of fused-ring (bicyclic) bond motifs is 1. The van der Waals surface area contributed by atoms with Crippen LogP contribution >= 0.6 is 0 Å². The first-order valence-corrected chi connectivity index (χ1v) is 15.3. The van der Waals surface area contributed by atoms with E-state index in [0.29, 0.717) is 51.1 Å². The summed E-state index contributed by atoms with van der Waals surface area (Å²) in [7, 11) is 5.95. The van der Waals surface area contributed by atoms with E-state index in [9.17, 15) is 28.0 Å². The van der Waals surface area contributed by atoms with Gasteiger partial charge >= 0.3 is 6.03 Å². The van der Waals surface area contributed by atoms with Crippen LogP contribution in [0.2, 0.25) is 0 Å². The van der Waals surface area contributed by atoms with Gasteiger partial charge in [0.1, 0.15) is 12.3 Å². The van der Waals surface area contributed by atoms with Gasteiger partial charge in [0.05, 0.1) is 31.9 Å². The standard InChI is InChI=1S/C33H41F2N5O7/c1-37(24(19-45-2)20-46-3)32(43)27(26-6-5-7-28(34)31(26)35)17-38(21-41)18-30(42)39-13-11-23(12-14-39)40-15-10-22-16-25(47-4)8-9-29(22)36-33(40)44/h5-9,16-17,21,23-24H,10-15,18-20H2,1-4H3,(H,36,44)/b27-17-. The number of halogens is 2. The van der Waals surface area contributed by atoms with E-state index in [4.69, 9.17) is 14.2 Å². The molecule has 4 rings (SSSR count). The van der Waals surface area contributed by atoms with Crippen LogP contribution in [0.5, 0.6) is 5.75 Å². The maximum atomic E-state index is 15.0. The number of carbonyl (C=O) groups excluding carboxylic acids is 4. The minimum Gasteiger partial charge on any atom is -0.497 e. The molecule has 2 aliphatic rings. The molecule has 14 heteroatoms. The number of nitrogens with zero attached hydrogens (tertiary/aromatic N) is 4. The minimum absolute atomic E-state index is 0.0970. The zero-order valence-electron chi connectivity index (χ0n) is 27.0. The van der Waals surface area contributed by atoms with Crippen LogP contribution in [0.3, 0.4) is 0 Å². The Morgan fingerprint density at radius 3 is 2.40 bits per heavy atom. The first kappa shape index (κ1) is 35.3. The van der Waals surface area contributed by atoms with Gasteiger partial charge in [0.15, 0.2) is 11.6 Å². The Morgan fingerprint density at radius 2 is 1.77 bits per heavy atom. The maximum absolute atomic E-state index is 15.0. The number of methoxy groups -OCH3 is 3. The van der Waals surface area contributed by atoms with Gasteiger partial charge in [0, 0.05) is 64.4 Å². The van der Waals surface area contributed by atoms with Crippen LogP contribution in [0, 0.1) is 11.6 Å². The third kappa shape index (κ3) is 8.43. The molecular formula is C33H41F2N5O7. The van der Waals surface area contributed by atoms with E-state index in [2.05, 4.69) is 5.32 Å². The molecular weight excluding hydrogens is 616 g/mol. The number of amides is 5. The summed E-state index contributed by atoms with van der Waals surface area (Å²) < 4.78 is 44.9. The number of rotatable bonds is 13. The average molecular weight is 658 g/mol. The predicted octanol–water partition coefficient (Wildman–Crippen LogP) is 2.97. The number of carbonyl (C=O) groups is 4. The molecule has 254 valence electrons. The molecule has 0 radical (unpaired) electrons. The smallest absolute Gasteiger partial charge is 0.322 e. The number of ether oxygens (including phenoxy) is 3. The van der Waals surface area contributed by atoms with Crippen molar-refractivity contribution in [1.29, 1.82) is 0 Å². The fraction of sp³-hybridized carbons (Fsp3) is 0.455. The second-order valence-corrected chi connectivity index (χ2v) is 11.4. The van der Waals surface area contributed by atoms with Crippen LogP contribution in [-0.4, -0.2) is 124 Å². The summed E-state index contributed by atoms with van der Waals surface area (Å²) in [5.74, 6) is -2.86. The molecule has 2 aromatic rings. The lowest BCUT2D eigenvalue weighted by Crippen LogP contribution is -2.51. The second kappa shape index (κ2) is 16.3. The van der Waals surface area contributed by atoms with Crippen molar-refractivity contribution in [1.82, 2.24) is 19.6 Å². The molecule has 0 atom stereocenters. The molecule has 2 heterocycles. The molecule has 0 unspecified atom stereocenters. The number of piperidine rings is 1. The quantitative estimate of drug-likeness (QED) is 0.260. The molecule has 0 aliphatic carbocycles. The van der Waals surface area contributed by atoms with E-state index in [1.54, 1.807) is 23.0 Å². The Balaban J connectivity index is 1.46. The summed E-state index contributed by atoms with van der Waals surface area (Å²) in [6.45, 7) is 0.946. The van der Waals surface area contributed by atoms with Gasteiger partial charge in [-0.15, -0.1) is 0 Å². The highest BCUT2D eigenvalue weighted by Gasteiger charge is 2.32. The summed E-state index contributed by atoms with van der Waals surface area (Å²) in [6, 6.07) is 8.03. The number of nitrogens with one attached hydrogen (secondary N) is 1. The molecule has 0 bridgehead atoms. The third-order valence-electron chi connectivity index (χ3n) is 8.50. The van der Waals surface area contributed by atoms with Crippen LogP contribution in [0.25, 0.3) is 5.57 Å². The van der Waals surface area contributed by atoms with Gasteiger partial charge < -0.3 is 39.1 Å². The molecule has 0 aromatic heterocycles. The number of hydrogen-bond acceptors (Lipinski definition) is 7. The van der Waals surface area contributed by atoms with Gasteiger partial charge in [-0.3, -0.25) is 14.4 Å². The Kier molecular flexibility index (Phi) is 12.3. The molecule has 1 saturated heterocycles. The zero-order chi connectivity index (χ0) is 34.1. The lowest BCUT2D eigenvalue weighted by Gasteiger charge is -2.38. The van der Waals surface area contributed by atoms with Crippen molar-refractivity contribution in [2.24, 2.45) is 0 Å². The fourth-order valence-electron chi connectivity index (χ4n) is 5.83. The number of hydrogen-bond donors (Lipinski definition) is 1. The third-order valence-corrected chi connectivity index (χ3v) is 8.50. The van der Waals surface area contributed by atoms with E-state index < -0.39 is 36.0 Å². The molecule has 5 amide bonds. The Bertz CT molecular complexity index is 1480. The van der Waals surface area contributed by atoms with Gasteiger partial charge in [-0.2, -0.15) is 0 Å². The van der Waals surface area contributed by atoms with Crippen molar-refractivity contribution >= 4 is 35.5 Å². The molecule has 0 spiro atoms. The van der Waals surface area contributed by atoms with Crippen LogP contribution in [0.4, 0.5) is 19.3 Å². The summed E-state index contributed by atoms with van der Waals surface area (Å²) in [6.07, 6.45) is 3.10. The van der Waals surface area contributed by atoms with Crippen molar-refractivity contribution in [3.63, 3.8) is 0 Å². The number of likely N-dealkylation sites (N-methyl/N-ethyl adjacent to an activating group) is 1. The maximum Gasteiger partial charge on any atom is 0.322 e. The van der Waals surface area contributed by atoms with E-state index in [0.717, 1.165) is 28.4 Å². The molecule has 2 aliphatic heterocycles. The largest absolute Gasteiger partial charge is 0.497 e. The summed E-state index contributed by atoms with van der Waals surface area (Å²) >= 11 is 0. The van der Waals surface area contributed by atoms with Crippen LogP contribution in [0.1, 0.15) is 24.0 Å². The summed E-state index contributed by atoms with van der Waals surface area (Å²) in [5, 5.41) is 2.97. The van der Waals surface area contributed by atoms with Crippen molar-refractivity contribution in [2.75, 3.05) is 73.1 Å². The summed E-state index contributed by atoms with van der Waals surface area (Å²) in [4.78, 5) is 57.8. The molecule has 0 saturated carbocycles. The number of anilines is 1. The highest BCUT2D eigenvalue weighted by molar-refractivity contribution is 6.19. The Hall–Kier alpha value is -4.56.